The number of carbonyl (C=O) groups is 1. The molecule has 1 atom stereocenters. The molecule has 1 unspecified atom stereocenters. The highest BCUT2D eigenvalue weighted by molar-refractivity contribution is 5.75. The first kappa shape index (κ1) is 17.6. The van der Waals surface area contributed by atoms with E-state index in [0.717, 1.165) is 23.1 Å². The summed E-state index contributed by atoms with van der Waals surface area (Å²) in [6, 6.07) is 16.8. The van der Waals surface area contributed by atoms with Crippen molar-refractivity contribution in [2.45, 2.75) is 37.8 Å². The van der Waals surface area contributed by atoms with Gasteiger partial charge in [-0.3, -0.25) is 9.69 Å². The molecule has 4 nitrogen and oxygen atoms in total. The first-order chi connectivity index (χ1) is 12.0. The normalized spacial score (nSPS) is 18.6. The Morgan fingerprint density at radius 1 is 1.12 bits per heavy atom. The van der Waals surface area contributed by atoms with E-state index in [1.54, 1.807) is 0 Å². The Kier molecular flexibility index (Phi) is 5.21. The fraction of sp³-hybridized carbons (Fsp3) is 0.381. The molecular weight excluding hydrogens is 314 g/mol. The lowest BCUT2D eigenvalue weighted by atomic mass is 9.83. The zero-order valence-corrected chi connectivity index (χ0v) is 14.6. The molecule has 1 heterocycles. The van der Waals surface area contributed by atoms with Crippen molar-refractivity contribution >= 4 is 5.97 Å². The number of piperidine rings is 1. The van der Waals surface area contributed by atoms with E-state index in [1.807, 2.05) is 59.5 Å². The topological polar surface area (TPSA) is 60.8 Å². The smallest absolute Gasteiger partial charge is 0.325 e. The third-order valence-corrected chi connectivity index (χ3v) is 5.21. The van der Waals surface area contributed by atoms with Gasteiger partial charge in [-0.2, -0.15) is 0 Å². The van der Waals surface area contributed by atoms with E-state index in [0.29, 0.717) is 25.9 Å². The Morgan fingerprint density at radius 2 is 1.80 bits per heavy atom. The number of hydrogen-bond acceptors (Lipinski definition) is 3. The Bertz CT molecular complexity index is 721. The maximum atomic E-state index is 11.9. The van der Waals surface area contributed by atoms with Gasteiger partial charge >= 0.3 is 5.97 Å². The minimum atomic E-state index is -0.869. The number of nitrogens with zero attached hydrogens (tertiary/aromatic N) is 1. The van der Waals surface area contributed by atoms with E-state index in [1.165, 1.54) is 0 Å². The second-order valence-corrected chi connectivity index (χ2v) is 6.77. The van der Waals surface area contributed by atoms with Gasteiger partial charge in [0.25, 0.3) is 0 Å². The van der Waals surface area contributed by atoms with Crippen molar-refractivity contribution in [2.75, 3.05) is 13.1 Å². The predicted molar refractivity (Wildman–Crippen MR) is 97.3 cm³/mol. The van der Waals surface area contributed by atoms with E-state index in [4.69, 9.17) is 0 Å². The monoisotopic (exact) mass is 339 g/mol. The van der Waals surface area contributed by atoms with Gasteiger partial charge < -0.3 is 10.2 Å². The second kappa shape index (κ2) is 7.38. The molecule has 0 saturated carbocycles. The lowest BCUT2D eigenvalue weighted by Gasteiger charge is -2.41. The molecule has 1 saturated heterocycles. The van der Waals surface area contributed by atoms with E-state index in [9.17, 15) is 15.0 Å². The van der Waals surface area contributed by atoms with Crippen LogP contribution in [0.25, 0.3) is 0 Å². The molecule has 0 aromatic heterocycles. The molecule has 0 spiro atoms. The van der Waals surface area contributed by atoms with Crippen molar-refractivity contribution < 1.29 is 15.0 Å². The van der Waals surface area contributed by atoms with Gasteiger partial charge in [-0.15, -0.1) is 0 Å². The molecule has 0 amide bonds. The zero-order valence-electron chi connectivity index (χ0n) is 14.6. The van der Waals surface area contributed by atoms with Crippen molar-refractivity contribution in [1.29, 1.82) is 0 Å². The summed E-state index contributed by atoms with van der Waals surface area (Å²) in [5, 5.41) is 20.7. The summed E-state index contributed by atoms with van der Waals surface area (Å²) in [6.45, 7) is 3.17. The van der Waals surface area contributed by atoms with Gasteiger partial charge in [0.2, 0.25) is 0 Å². The number of rotatable bonds is 5. The van der Waals surface area contributed by atoms with Crippen molar-refractivity contribution in [3.8, 4) is 0 Å². The van der Waals surface area contributed by atoms with Crippen LogP contribution in [0.2, 0.25) is 0 Å². The fourth-order valence-electron chi connectivity index (χ4n) is 3.68. The number of aliphatic hydroxyl groups is 1. The number of hydrogen-bond donors (Lipinski definition) is 2. The average Bonchev–Trinajstić information content (AvgIpc) is 2.64. The maximum Gasteiger partial charge on any atom is 0.325 e. The molecular formula is C21H25NO3. The van der Waals surface area contributed by atoms with Crippen LogP contribution in [0.4, 0.5) is 0 Å². The molecule has 25 heavy (non-hydrogen) atoms. The van der Waals surface area contributed by atoms with E-state index >= 15 is 0 Å². The summed E-state index contributed by atoms with van der Waals surface area (Å²) in [5.41, 5.74) is 2.00. The van der Waals surface area contributed by atoms with Crippen molar-refractivity contribution in [3.05, 3.63) is 71.3 Å². The van der Waals surface area contributed by atoms with Crippen molar-refractivity contribution in [2.24, 2.45) is 0 Å². The van der Waals surface area contributed by atoms with Crippen molar-refractivity contribution in [1.82, 2.24) is 4.90 Å². The quantitative estimate of drug-likeness (QED) is 0.877. The summed E-state index contributed by atoms with van der Waals surface area (Å²) in [7, 11) is 0. The second-order valence-electron chi connectivity index (χ2n) is 6.77. The highest BCUT2D eigenvalue weighted by Gasteiger charge is 2.38. The molecule has 2 aromatic carbocycles. The van der Waals surface area contributed by atoms with Crippen LogP contribution in [0.1, 0.15) is 42.5 Å². The van der Waals surface area contributed by atoms with Crippen LogP contribution in [0.3, 0.4) is 0 Å². The molecule has 1 aliphatic heterocycles. The van der Waals surface area contributed by atoms with Crippen LogP contribution in [-0.2, 0) is 16.8 Å². The molecule has 1 aliphatic rings. The van der Waals surface area contributed by atoms with Crippen LogP contribution in [0.15, 0.2) is 54.6 Å². The summed E-state index contributed by atoms with van der Waals surface area (Å²) in [4.78, 5) is 13.9. The Balaban J connectivity index is 1.78. The first-order valence-electron chi connectivity index (χ1n) is 8.87. The third-order valence-electron chi connectivity index (χ3n) is 5.21. The number of carboxylic acid groups (broad SMARTS) is 1. The molecule has 2 aromatic rings. The highest BCUT2D eigenvalue weighted by atomic mass is 16.4. The summed E-state index contributed by atoms with van der Waals surface area (Å²) < 4.78 is 0. The lowest BCUT2D eigenvalue weighted by molar-refractivity contribution is -0.145. The third kappa shape index (κ3) is 3.75. The molecule has 0 radical (unpaired) electrons. The van der Waals surface area contributed by atoms with Crippen LogP contribution < -0.4 is 0 Å². The highest BCUT2D eigenvalue weighted by Crippen LogP contribution is 2.36. The molecule has 1 fully saturated rings. The molecule has 132 valence electrons. The van der Waals surface area contributed by atoms with Gasteiger partial charge in [-0.1, -0.05) is 61.5 Å². The van der Waals surface area contributed by atoms with Crippen LogP contribution in [0.5, 0.6) is 0 Å². The molecule has 2 N–H and O–H groups in total. The van der Waals surface area contributed by atoms with Gasteiger partial charge in [0.05, 0.1) is 5.60 Å². The summed E-state index contributed by atoms with van der Waals surface area (Å²) in [6.07, 6.45) is 1.95. The SMILES string of the molecule is CCc1cccc(C(C(=O)O)N2CCC(O)(c3ccccc3)CC2)c1. The molecule has 3 rings (SSSR count). The number of benzene rings is 2. The van der Waals surface area contributed by atoms with Crippen LogP contribution in [-0.4, -0.2) is 34.2 Å². The van der Waals surface area contributed by atoms with E-state index in [2.05, 4.69) is 6.92 Å². The number of aliphatic carboxylic acids is 1. The molecule has 4 heteroatoms. The Labute approximate surface area is 148 Å². The summed E-state index contributed by atoms with van der Waals surface area (Å²) >= 11 is 0. The minimum absolute atomic E-state index is 0.536. The number of likely N-dealkylation sites (tertiary alicyclic amines) is 1. The van der Waals surface area contributed by atoms with E-state index in [-0.39, 0.29) is 0 Å². The predicted octanol–water partition coefficient (Wildman–Crippen LogP) is 3.36. The zero-order chi connectivity index (χ0) is 17.9. The summed E-state index contributed by atoms with van der Waals surface area (Å²) in [5.74, 6) is -0.835. The maximum absolute atomic E-state index is 11.9. The van der Waals surface area contributed by atoms with Crippen molar-refractivity contribution in [3.63, 3.8) is 0 Å². The largest absolute Gasteiger partial charge is 0.480 e. The van der Waals surface area contributed by atoms with Crippen LogP contribution in [0, 0.1) is 0 Å². The minimum Gasteiger partial charge on any atom is -0.480 e. The average molecular weight is 339 g/mol. The Hall–Kier alpha value is -2.17. The van der Waals surface area contributed by atoms with Crippen LogP contribution >= 0.6 is 0 Å². The van der Waals surface area contributed by atoms with Gasteiger partial charge in [0.15, 0.2) is 0 Å². The van der Waals surface area contributed by atoms with E-state index < -0.39 is 17.6 Å². The Morgan fingerprint density at radius 3 is 2.40 bits per heavy atom. The molecule has 0 bridgehead atoms. The first-order valence-corrected chi connectivity index (χ1v) is 8.87. The fourth-order valence-corrected chi connectivity index (χ4v) is 3.68. The number of aryl methyl sites for hydroxylation is 1. The standard InChI is InChI=1S/C21H25NO3/c1-2-16-7-6-8-17(15-16)19(20(23)24)22-13-11-21(25,12-14-22)18-9-4-3-5-10-18/h3-10,15,19,25H,2,11-14H2,1H3,(H,23,24). The van der Waals surface area contributed by atoms with Gasteiger partial charge in [0.1, 0.15) is 6.04 Å². The van der Waals surface area contributed by atoms with Gasteiger partial charge in [0, 0.05) is 13.1 Å². The molecule has 0 aliphatic carbocycles. The number of carboxylic acids is 1. The lowest BCUT2D eigenvalue weighted by Crippen LogP contribution is -2.46. The van der Waals surface area contributed by atoms with Gasteiger partial charge in [-0.05, 0) is 36.0 Å². The van der Waals surface area contributed by atoms with Gasteiger partial charge in [-0.25, -0.2) is 0 Å².